The van der Waals surface area contributed by atoms with E-state index in [0.29, 0.717) is 11.5 Å². The van der Waals surface area contributed by atoms with Crippen LogP contribution in [0.2, 0.25) is 0 Å². The van der Waals surface area contributed by atoms with Gasteiger partial charge in [-0.3, -0.25) is 9.48 Å². The third kappa shape index (κ3) is 6.31. The largest absolute Gasteiger partial charge is 0.457 e. The molecule has 1 aliphatic carbocycles. The van der Waals surface area contributed by atoms with Crippen LogP contribution in [0.25, 0.3) is 10.9 Å². The summed E-state index contributed by atoms with van der Waals surface area (Å²) in [5.74, 6) is 0.614. The molecule has 1 aromatic carbocycles. The van der Waals surface area contributed by atoms with Crippen molar-refractivity contribution in [3.8, 4) is 5.19 Å². The summed E-state index contributed by atoms with van der Waals surface area (Å²) in [5.41, 5.74) is 2.38. The number of halogens is 3. The second-order valence-electron chi connectivity index (χ2n) is 10.5. The van der Waals surface area contributed by atoms with Crippen LogP contribution in [0.5, 0.6) is 5.19 Å². The Kier molecular flexibility index (Phi) is 7.95. The summed E-state index contributed by atoms with van der Waals surface area (Å²) in [6.07, 6.45) is 2.46. The molecule has 1 amide bonds. The molecule has 0 spiro atoms. The molecule has 5 rings (SSSR count). The van der Waals surface area contributed by atoms with E-state index in [4.69, 9.17) is 4.74 Å². The van der Waals surface area contributed by atoms with E-state index in [0.717, 1.165) is 93.0 Å². The number of rotatable bonds is 7. The lowest BCUT2D eigenvalue weighted by Crippen LogP contribution is -2.38. The summed E-state index contributed by atoms with van der Waals surface area (Å²) in [7, 11) is 1.86. The number of aryl methyl sites for hydroxylation is 1. The van der Waals surface area contributed by atoms with Crippen LogP contribution in [0.4, 0.5) is 13.2 Å². The second kappa shape index (κ2) is 11.2. The molecule has 206 valence electrons. The van der Waals surface area contributed by atoms with E-state index in [1.54, 1.807) is 4.68 Å². The fourth-order valence-corrected chi connectivity index (χ4v) is 6.48. The smallest absolute Gasteiger partial charge is 0.425 e. The minimum atomic E-state index is -4.39. The van der Waals surface area contributed by atoms with Crippen LogP contribution in [0.3, 0.4) is 0 Å². The van der Waals surface area contributed by atoms with Crippen molar-refractivity contribution in [1.82, 2.24) is 25.0 Å². The molecule has 0 saturated heterocycles. The van der Waals surface area contributed by atoms with Gasteiger partial charge in [0.2, 0.25) is 0 Å². The first kappa shape index (κ1) is 26.9. The number of ether oxygens (including phenoxy) is 1. The maximum absolute atomic E-state index is 13.0. The van der Waals surface area contributed by atoms with Gasteiger partial charge in [-0.25, -0.2) is 4.98 Å². The number of carbonyl (C=O) groups is 1. The van der Waals surface area contributed by atoms with Crippen molar-refractivity contribution < 1.29 is 22.7 Å². The molecule has 1 saturated carbocycles. The van der Waals surface area contributed by atoms with Gasteiger partial charge in [0.15, 0.2) is 6.10 Å². The van der Waals surface area contributed by atoms with Crippen LogP contribution in [0.15, 0.2) is 24.4 Å². The SMILES string of the molecule is CC(Oc1nc2c(s1)CCN(CCC1CCC(NC(=O)c3cccc4nn(C)cc34)CC1)CC2)C(F)(F)F. The maximum atomic E-state index is 13.0. The summed E-state index contributed by atoms with van der Waals surface area (Å²) in [5, 5.41) is 8.63. The Balaban J connectivity index is 1.05. The lowest BCUT2D eigenvalue weighted by Gasteiger charge is -2.30. The number of carbonyl (C=O) groups excluding carboxylic acids is 1. The molecule has 7 nitrogen and oxygen atoms in total. The highest BCUT2D eigenvalue weighted by Gasteiger charge is 2.39. The first-order chi connectivity index (χ1) is 18.2. The summed E-state index contributed by atoms with van der Waals surface area (Å²) >= 11 is 1.25. The van der Waals surface area contributed by atoms with E-state index >= 15 is 0 Å². The fraction of sp³-hybridized carbons (Fsp3) is 0.593. The van der Waals surface area contributed by atoms with Crippen molar-refractivity contribution in [2.45, 2.75) is 70.2 Å². The van der Waals surface area contributed by atoms with Crippen LogP contribution >= 0.6 is 11.3 Å². The van der Waals surface area contributed by atoms with Crippen LogP contribution in [0, 0.1) is 5.92 Å². The predicted octanol–water partition coefficient (Wildman–Crippen LogP) is 5.14. The summed E-state index contributed by atoms with van der Waals surface area (Å²) < 4.78 is 45.2. The normalized spacial score (nSPS) is 21.6. The summed E-state index contributed by atoms with van der Waals surface area (Å²) in [6, 6.07) is 5.85. The molecule has 1 aliphatic heterocycles. The number of hydrogen-bond acceptors (Lipinski definition) is 6. The van der Waals surface area contributed by atoms with Gasteiger partial charge in [0.1, 0.15) is 0 Å². The third-order valence-electron chi connectivity index (χ3n) is 7.76. The van der Waals surface area contributed by atoms with Crippen LogP contribution in [-0.4, -0.2) is 63.5 Å². The van der Waals surface area contributed by atoms with Crippen LogP contribution < -0.4 is 10.1 Å². The minimum Gasteiger partial charge on any atom is -0.457 e. The molecule has 1 unspecified atom stereocenters. The molecule has 38 heavy (non-hydrogen) atoms. The molecule has 2 aliphatic rings. The number of aromatic nitrogens is 3. The van der Waals surface area contributed by atoms with Gasteiger partial charge in [-0.2, -0.15) is 18.3 Å². The monoisotopic (exact) mass is 549 g/mol. The third-order valence-corrected chi connectivity index (χ3v) is 8.81. The van der Waals surface area contributed by atoms with E-state index in [-0.39, 0.29) is 17.1 Å². The van der Waals surface area contributed by atoms with E-state index in [2.05, 4.69) is 20.3 Å². The molecule has 0 radical (unpaired) electrons. The van der Waals surface area contributed by atoms with Gasteiger partial charge in [-0.15, -0.1) is 0 Å². The quantitative estimate of drug-likeness (QED) is 0.442. The van der Waals surface area contributed by atoms with Crippen molar-refractivity contribution in [3.05, 3.63) is 40.5 Å². The standard InChI is InChI=1S/C27H34F3N5O2S/c1-17(27(28,29)30)37-26-32-23-11-14-35(15-12-24(23)38-26)13-10-18-6-8-19(9-7-18)31-25(36)20-4-3-5-22-21(20)16-34(2)33-22/h3-5,16-19H,6-15H2,1-2H3,(H,31,36). The highest BCUT2D eigenvalue weighted by Crippen LogP contribution is 2.32. The highest BCUT2D eigenvalue weighted by molar-refractivity contribution is 7.13. The van der Waals surface area contributed by atoms with Gasteiger partial charge < -0.3 is 15.0 Å². The average Bonchev–Trinajstić information content (AvgIpc) is 3.39. The molecular formula is C27H34F3N5O2S. The number of thiazole rings is 1. The zero-order chi connectivity index (χ0) is 26.9. The Labute approximate surface area is 224 Å². The van der Waals surface area contributed by atoms with Crippen molar-refractivity contribution in [2.24, 2.45) is 13.0 Å². The Morgan fingerprint density at radius 2 is 1.97 bits per heavy atom. The number of benzene rings is 1. The van der Waals surface area contributed by atoms with Crippen LogP contribution in [-0.2, 0) is 19.9 Å². The van der Waals surface area contributed by atoms with E-state index in [1.165, 1.54) is 11.3 Å². The molecule has 3 aromatic rings. The first-order valence-electron chi connectivity index (χ1n) is 13.3. The topological polar surface area (TPSA) is 72.3 Å². The molecule has 1 N–H and O–H groups in total. The molecule has 2 aromatic heterocycles. The number of amides is 1. The summed E-state index contributed by atoms with van der Waals surface area (Å²) in [6.45, 7) is 3.76. The van der Waals surface area contributed by atoms with Gasteiger partial charge in [0.25, 0.3) is 11.1 Å². The lowest BCUT2D eigenvalue weighted by molar-refractivity contribution is -0.189. The maximum Gasteiger partial charge on any atom is 0.425 e. The van der Waals surface area contributed by atoms with Gasteiger partial charge in [-0.05, 0) is 70.0 Å². The number of hydrogen-bond donors (Lipinski definition) is 1. The predicted molar refractivity (Wildman–Crippen MR) is 141 cm³/mol. The number of nitrogens with one attached hydrogen (secondary N) is 1. The number of nitrogens with zero attached hydrogens (tertiary/aromatic N) is 4. The molecule has 1 fully saturated rings. The Hall–Kier alpha value is -2.66. The van der Waals surface area contributed by atoms with E-state index < -0.39 is 12.3 Å². The fourth-order valence-electron chi connectivity index (χ4n) is 5.46. The zero-order valence-electron chi connectivity index (χ0n) is 21.8. The number of fused-ring (bicyclic) bond motifs is 2. The highest BCUT2D eigenvalue weighted by atomic mass is 32.1. The first-order valence-corrected chi connectivity index (χ1v) is 14.1. The van der Waals surface area contributed by atoms with Crippen molar-refractivity contribution in [3.63, 3.8) is 0 Å². The van der Waals surface area contributed by atoms with Gasteiger partial charge in [-0.1, -0.05) is 17.4 Å². The average molecular weight is 550 g/mol. The molecule has 1 atom stereocenters. The molecular weight excluding hydrogens is 515 g/mol. The zero-order valence-corrected chi connectivity index (χ0v) is 22.6. The van der Waals surface area contributed by atoms with Crippen LogP contribution in [0.1, 0.15) is 60.0 Å². The van der Waals surface area contributed by atoms with Gasteiger partial charge >= 0.3 is 6.18 Å². The molecule has 11 heteroatoms. The number of alkyl halides is 3. The van der Waals surface area contributed by atoms with Gasteiger partial charge in [0, 0.05) is 49.1 Å². The van der Waals surface area contributed by atoms with Crippen molar-refractivity contribution >= 4 is 28.1 Å². The second-order valence-corrected chi connectivity index (χ2v) is 11.6. The minimum absolute atomic E-state index is 0.0286. The molecule has 0 bridgehead atoms. The summed E-state index contributed by atoms with van der Waals surface area (Å²) in [4.78, 5) is 20.8. The van der Waals surface area contributed by atoms with Gasteiger partial charge in [0.05, 0.1) is 16.8 Å². The van der Waals surface area contributed by atoms with E-state index in [1.807, 2.05) is 31.4 Å². The van der Waals surface area contributed by atoms with Crippen molar-refractivity contribution in [2.75, 3.05) is 19.6 Å². The van der Waals surface area contributed by atoms with Crippen molar-refractivity contribution in [1.29, 1.82) is 0 Å². The molecule has 3 heterocycles. The Bertz CT molecular complexity index is 1240. The Morgan fingerprint density at radius 1 is 1.21 bits per heavy atom. The Morgan fingerprint density at radius 3 is 2.74 bits per heavy atom. The van der Waals surface area contributed by atoms with E-state index in [9.17, 15) is 18.0 Å². The lowest BCUT2D eigenvalue weighted by atomic mass is 9.84.